The van der Waals surface area contributed by atoms with Gasteiger partial charge in [-0.2, -0.15) is 5.10 Å². The van der Waals surface area contributed by atoms with Crippen LogP contribution in [0.5, 0.6) is 0 Å². The molecule has 0 unspecified atom stereocenters. The van der Waals surface area contributed by atoms with Gasteiger partial charge in [0, 0.05) is 7.12 Å². The molecule has 0 spiro atoms. The molecule has 2 nitrogen and oxygen atoms in total. The van der Waals surface area contributed by atoms with Gasteiger partial charge in [0.05, 0.1) is 5.69 Å². The molecule has 56 valence electrons. The van der Waals surface area contributed by atoms with Crippen LogP contribution in [0, 0.1) is 6.92 Å². The lowest BCUT2D eigenvalue weighted by atomic mass is 9.96. The van der Waals surface area contributed by atoms with Gasteiger partial charge in [0.25, 0.3) is 0 Å². The summed E-state index contributed by atoms with van der Waals surface area (Å²) in [6.07, 6.45) is 5.07. The Labute approximate surface area is 62.1 Å². The van der Waals surface area contributed by atoms with Crippen molar-refractivity contribution >= 4 is 0 Å². The average molecular weight is 138 g/mol. The summed E-state index contributed by atoms with van der Waals surface area (Å²) < 4.78 is 0. The van der Waals surface area contributed by atoms with Crippen molar-refractivity contribution < 1.29 is 1.43 Å². The number of hydrogen-bond acceptors (Lipinski definition) is 1. The first-order chi connectivity index (χ1) is 4.88. The van der Waals surface area contributed by atoms with E-state index >= 15 is 0 Å². The molecule has 0 fully saturated rings. The maximum absolute atomic E-state index is 4.23. The molecule has 0 aliphatic heterocycles. The van der Waals surface area contributed by atoms with Gasteiger partial charge in [0.15, 0.2) is 0 Å². The molecule has 1 heterocycles. The molecule has 10 heavy (non-hydrogen) atoms. The molecule has 0 bridgehead atoms. The van der Waals surface area contributed by atoms with Crippen LogP contribution in [0.15, 0.2) is 0 Å². The first-order valence-electron chi connectivity index (χ1n) is 3.90. The fraction of sp³-hybridized carbons (Fsp3) is 0.625. The number of aromatic amines is 1. The van der Waals surface area contributed by atoms with E-state index in [1.54, 1.807) is 0 Å². The fourth-order valence-corrected chi connectivity index (χ4v) is 1.64. The SMILES string of the molecule is Cc1[nH]nc2c1CCCC2.[HH]. The van der Waals surface area contributed by atoms with E-state index < -0.39 is 0 Å². The van der Waals surface area contributed by atoms with Crippen molar-refractivity contribution in [2.45, 2.75) is 32.6 Å². The Morgan fingerprint density at radius 1 is 1.40 bits per heavy atom. The molecule has 1 aromatic rings. The van der Waals surface area contributed by atoms with E-state index in [0.717, 1.165) is 0 Å². The molecule has 0 radical (unpaired) electrons. The van der Waals surface area contributed by atoms with E-state index in [-0.39, 0.29) is 1.43 Å². The van der Waals surface area contributed by atoms with Crippen LogP contribution in [-0.4, -0.2) is 10.2 Å². The lowest BCUT2D eigenvalue weighted by Gasteiger charge is -2.08. The number of nitrogens with zero attached hydrogens (tertiary/aromatic N) is 1. The standard InChI is InChI=1S/C8H12N2.H2/c1-6-7-4-2-3-5-8(7)10-9-6;/h2-5H2,1H3,(H,9,10);1H. The predicted octanol–water partition coefficient (Wildman–Crippen LogP) is 1.84. The third kappa shape index (κ3) is 0.753. The van der Waals surface area contributed by atoms with E-state index in [1.807, 2.05) is 0 Å². The molecule has 0 atom stereocenters. The zero-order valence-electron chi connectivity index (χ0n) is 6.28. The van der Waals surface area contributed by atoms with Gasteiger partial charge in [-0.05, 0) is 38.2 Å². The Bertz CT molecular complexity index is 242. The minimum atomic E-state index is 0. The van der Waals surface area contributed by atoms with Crippen LogP contribution in [0.3, 0.4) is 0 Å². The van der Waals surface area contributed by atoms with Crippen molar-refractivity contribution in [3.8, 4) is 0 Å². The molecule has 1 aliphatic rings. The highest BCUT2D eigenvalue weighted by atomic mass is 15.1. The van der Waals surface area contributed by atoms with Crippen LogP contribution in [0.25, 0.3) is 0 Å². The summed E-state index contributed by atoms with van der Waals surface area (Å²) in [4.78, 5) is 0. The summed E-state index contributed by atoms with van der Waals surface area (Å²) in [5.41, 5.74) is 4.06. The van der Waals surface area contributed by atoms with Gasteiger partial charge < -0.3 is 0 Å². The molecule has 0 aromatic carbocycles. The highest BCUT2D eigenvalue weighted by Crippen LogP contribution is 2.20. The van der Waals surface area contributed by atoms with Crippen LogP contribution in [-0.2, 0) is 12.8 Å². The van der Waals surface area contributed by atoms with Crippen LogP contribution >= 0.6 is 0 Å². The second-order valence-electron chi connectivity index (χ2n) is 2.98. The topological polar surface area (TPSA) is 28.7 Å². The number of aromatic nitrogens is 2. The lowest BCUT2D eigenvalue weighted by molar-refractivity contribution is 0.673. The van der Waals surface area contributed by atoms with Gasteiger partial charge in [0.1, 0.15) is 0 Å². The van der Waals surface area contributed by atoms with Gasteiger partial charge in [-0.1, -0.05) is 0 Å². The van der Waals surface area contributed by atoms with Crippen LogP contribution in [0.4, 0.5) is 0 Å². The van der Waals surface area contributed by atoms with E-state index in [2.05, 4.69) is 17.1 Å². The highest BCUT2D eigenvalue weighted by molar-refractivity contribution is 5.26. The van der Waals surface area contributed by atoms with Crippen molar-refractivity contribution in [3.63, 3.8) is 0 Å². The Hall–Kier alpha value is -0.790. The van der Waals surface area contributed by atoms with Crippen LogP contribution < -0.4 is 0 Å². The predicted molar refractivity (Wildman–Crippen MR) is 42.1 cm³/mol. The Morgan fingerprint density at radius 3 is 3.00 bits per heavy atom. The Balaban J connectivity index is 0.000000605. The van der Waals surface area contributed by atoms with E-state index in [4.69, 9.17) is 0 Å². The molecular formula is C8H14N2. The number of hydrogen-bond donors (Lipinski definition) is 1. The maximum atomic E-state index is 4.23. The van der Waals surface area contributed by atoms with Gasteiger partial charge in [0.2, 0.25) is 0 Å². The molecule has 1 N–H and O–H groups in total. The minimum Gasteiger partial charge on any atom is -0.282 e. The van der Waals surface area contributed by atoms with E-state index in [1.165, 1.54) is 42.6 Å². The number of rotatable bonds is 0. The summed E-state index contributed by atoms with van der Waals surface area (Å²) in [5, 5.41) is 7.26. The zero-order valence-corrected chi connectivity index (χ0v) is 6.28. The van der Waals surface area contributed by atoms with Crippen LogP contribution in [0.2, 0.25) is 0 Å². The third-order valence-corrected chi connectivity index (χ3v) is 2.25. The first kappa shape index (κ1) is 5.96. The smallest absolute Gasteiger partial charge is 0.0656 e. The minimum absolute atomic E-state index is 0. The van der Waals surface area contributed by atoms with E-state index in [9.17, 15) is 0 Å². The first-order valence-corrected chi connectivity index (χ1v) is 3.90. The largest absolute Gasteiger partial charge is 0.282 e. The molecule has 0 amide bonds. The van der Waals surface area contributed by atoms with E-state index in [0.29, 0.717) is 0 Å². The molecular weight excluding hydrogens is 124 g/mol. The summed E-state index contributed by atoms with van der Waals surface area (Å²) >= 11 is 0. The van der Waals surface area contributed by atoms with Gasteiger partial charge in [-0.25, -0.2) is 0 Å². The van der Waals surface area contributed by atoms with Crippen molar-refractivity contribution in [1.29, 1.82) is 0 Å². The Kier molecular flexibility index (Phi) is 1.26. The van der Waals surface area contributed by atoms with Gasteiger partial charge in [-0.15, -0.1) is 0 Å². The van der Waals surface area contributed by atoms with Crippen LogP contribution in [0.1, 0.15) is 31.2 Å². The molecule has 1 aliphatic carbocycles. The second-order valence-corrected chi connectivity index (χ2v) is 2.98. The summed E-state index contributed by atoms with van der Waals surface area (Å²) in [6, 6.07) is 0. The molecule has 0 saturated heterocycles. The lowest BCUT2D eigenvalue weighted by Crippen LogP contribution is -2.00. The molecule has 2 heteroatoms. The summed E-state index contributed by atoms with van der Waals surface area (Å²) in [5.74, 6) is 0. The molecule has 2 rings (SSSR count). The molecule has 1 aromatic heterocycles. The molecule has 0 saturated carbocycles. The second kappa shape index (κ2) is 2.11. The van der Waals surface area contributed by atoms with Crippen molar-refractivity contribution in [1.82, 2.24) is 10.2 Å². The maximum Gasteiger partial charge on any atom is 0.0656 e. The zero-order chi connectivity index (χ0) is 6.97. The average Bonchev–Trinajstić information content (AvgIpc) is 2.34. The number of nitrogens with one attached hydrogen (secondary N) is 1. The highest BCUT2D eigenvalue weighted by Gasteiger charge is 2.13. The number of fused-ring (bicyclic) bond motifs is 1. The summed E-state index contributed by atoms with van der Waals surface area (Å²) in [6.45, 7) is 2.11. The summed E-state index contributed by atoms with van der Waals surface area (Å²) in [7, 11) is 0. The van der Waals surface area contributed by atoms with Gasteiger partial charge >= 0.3 is 0 Å². The fourth-order valence-electron chi connectivity index (χ4n) is 1.64. The van der Waals surface area contributed by atoms with Crippen molar-refractivity contribution in [2.24, 2.45) is 0 Å². The quantitative estimate of drug-likeness (QED) is 0.582. The number of aryl methyl sites for hydroxylation is 2. The normalized spacial score (nSPS) is 16.9. The van der Waals surface area contributed by atoms with Crippen molar-refractivity contribution in [2.75, 3.05) is 0 Å². The number of H-pyrrole nitrogens is 1. The Morgan fingerprint density at radius 2 is 2.20 bits per heavy atom. The third-order valence-electron chi connectivity index (χ3n) is 2.25. The monoisotopic (exact) mass is 138 g/mol. The van der Waals surface area contributed by atoms with Gasteiger partial charge in [-0.3, -0.25) is 5.10 Å². The van der Waals surface area contributed by atoms with Crippen molar-refractivity contribution in [3.05, 3.63) is 17.0 Å².